The summed E-state index contributed by atoms with van der Waals surface area (Å²) < 4.78 is 0. The molecule has 0 saturated carbocycles. The van der Waals surface area contributed by atoms with Crippen LogP contribution in [0.15, 0.2) is 60.7 Å². The van der Waals surface area contributed by atoms with E-state index in [1.54, 1.807) is 0 Å². The highest BCUT2D eigenvalue weighted by Gasteiger charge is 2.06. The van der Waals surface area contributed by atoms with Crippen LogP contribution in [0.4, 0.5) is 0 Å². The van der Waals surface area contributed by atoms with Gasteiger partial charge in [0, 0.05) is 18.5 Å². The summed E-state index contributed by atoms with van der Waals surface area (Å²) in [6.07, 6.45) is 2.60. The Morgan fingerprint density at radius 3 is 2.19 bits per heavy atom. The van der Waals surface area contributed by atoms with Crippen molar-refractivity contribution in [3.63, 3.8) is 0 Å². The maximum absolute atomic E-state index is 12.0. The van der Waals surface area contributed by atoms with Crippen LogP contribution in [0.1, 0.15) is 28.8 Å². The minimum Gasteiger partial charge on any atom is -0.306 e. The van der Waals surface area contributed by atoms with Crippen LogP contribution in [-0.2, 0) is 6.42 Å². The van der Waals surface area contributed by atoms with Gasteiger partial charge < -0.3 is 4.90 Å². The van der Waals surface area contributed by atoms with E-state index in [-0.39, 0.29) is 5.78 Å². The molecule has 0 aliphatic carbocycles. The summed E-state index contributed by atoms with van der Waals surface area (Å²) in [7, 11) is 2.12. The van der Waals surface area contributed by atoms with Crippen LogP contribution >= 0.6 is 0 Å². The van der Waals surface area contributed by atoms with E-state index in [4.69, 9.17) is 0 Å². The molecule has 0 fully saturated rings. The molecule has 0 radical (unpaired) electrons. The van der Waals surface area contributed by atoms with Crippen molar-refractivity contribution in [2.24, 2.45) is 0 Å². The Hall–Kier alpha value is -1.93. The number of ketones is 1. The molecule has 0 N–H and O–H groups in total. The van der Waals surface area contributed by atoms with Crippen LogP contribution in [0.3, 0.4) is 0 Å². The van der Waals surface area contributed by atoms with Gasteiger partial charge in [0.1, 0.15) is 0 Å². The van der Waals surface area contributed by atoms with Gasteiger partial charge in [0.15, 0.2) is 5.78 Å². The lowest BCUT2D eigenvalue weighted by Crippen LogP contribution is -2.23. The Morgan fingerprint density at radius 1 is 0.905 bits per heavy atom. The zero-order valence-electron chi connectivity index (χ0n) is 12.7. The van der Waals surface area contributed by atoms with Crippen molar-refractivity contribution < 1.29 is 4.79 Å². The predicted octanol–water partition coefficient (Wildman–Crippen LogP) is 3.82. The van der Waals surface area contributed by atoms with Gasteiger partial charge in [-0.2, -0.15) is 0 Å². The van der Waals surface area contributed by atoms with Gasteiger partial charge in [-0.15, -0.1) is 0 Å². The Bertz CT molecular complexity index is 536. The SMILES string of the molecule is CN(CCCC(=O)c1ccccc1)CCc1ccccc1. The maximum atomic E-state index is 12.0. The molecule has 2 aromatic carbocycles. The number of hydrogen-bond acceptors (Lipinski definition) is 2. The summed E-state index contributed by atoms with van der Waals surface area (Å²) in [5, 5.41) is 0. The monoisotopic (exact) mass is 281 g/mol. The molecule has 21 heavy (non-hydrogen) atoms. The molecule has 0 unspecified atom stereocenters. The van der Waals surface area contributed by atoms with Gasteiger partial charge in [0.25, 0.3) is 0 Å². The molecule has 0 saturated heterocycles. The molecule has 0 bridgehead atoms. The normalized spacial score (nSPS) is 10.8. The Morgan fingerprint density at radius 2 is 1.52 bits per heavy atom. The van der Waals surface area contributed by atoms with E-state index in [1.165, 1.54) is 5.56 Å². The first kappa shape index (κ1) is 15.5. The number of carbonyl (C=O) groups is 1. The minimum atomic E-state index is 0.243. The van der Waals surface area contributed by atoms with Crippen molar-refractivity contribution in [2.45, 2.75) is 19.3 Å². The van der Waals surface area contributed by atoms with E-state index in [9.17, 15) is 4.79 Å². The molecule has 110 valence electrons. The minimum absolute atomic E-state index is 0.243. The van der Waals surface area contributed by atoms with Crippen LogP contribution < -0.4 is 0 Å². The number of rotatable bonds is 8. The summed E-state index contributed by atoms with van der Waals surface area (Å²) in [5.41, 5.74) is 2.19. The van der Waals surface area contributed by atoms with Gasteiger partial charge in [-0.25, -0.2) is 0 Å². The summed E-state index contributed by atoms with van der Waals surface area (Å²) in [6, 6.07) is 20.1. The average molecular weight is 281 g/mol. The highest BCUT2D eigenvalue weighted by Crippen LogP contribution is 2.06. The zero-order chi connectivity index (χ0) is 14.9. The summed E-state index contributed by atoms with van der Waals surface area (Å²) in [6.45, 7) is 1.99. The third-order valence-electron chi connectivity index (χ3n) is 3.66. The third-order valence-corrected chi connectivity index (χ3v) is 3.66. The number of Topliss-reactive ketones (excluding diaryl/α,β-unsaturated/α-hetero) is 1. The second-order valence-corrected chi connectivity index (χ2v) is 5.43. The second-order valence-electron chi connectivity index (χ2n) is 5.43. The molecule has 2 rings (SSSR count). The van der Waals surface area contributed by atoms with Gasteiger partial charge in [-0.3, -0.25) is 4.79 Å². The van der Waals surface area contributed by atoms with E-state index in [2.05, 4.69) is 36.2 Å². The summed E-state index contributed by atoms with van der Waals surface area (Å²) >= 11 is 0. The number of nitrogens with zero attached hydrogens (tertiary/aromatic N) is 1. The van der Waals surface area contributed by atoms with Gasteiger partial charge in [-0.05, 0) is 32.0 Å². The Balaban J connectivity index is 1.65. The molecule has 0 spiro atoms. The van der Waals surface area contributed by atoms with Crippen molar-refractivity contribution in [2.75, 3.05) is 20.1 Å². The van der Waals surface area contributed by atoms with Crippen LogP contribution in [0, 0.1) is 0 Å². The largest absolute Gasteiger partial charge is 0.306 e. The quantitative estimate of drug-likeness (QED) is 0.686. The molecule has 2 nitrogen and oxygen atoms in total. The van der Waals surface area contributed by atoms with Crippen LogP contribution in [0.5, 0.6) is 0 Å². The van der Waals surface area contributed by atoms with Crippen LogP contribution in [0.25, 0.3) is 0 Å². The molecular weight excluding hydrogens is 258 g/mol. The lowest BCUT2D eigenvalue weighted by molar-refractivity contribution is 0.0976. The third kappa shape index (κ3) is 5.52. The lowest BCUT2D eigenvalue weighted by atomic mass is 10.1. The zero-order valence-corrected chi connectivity index (χ0v) is 12.7. The van der Waals surface area contributed by atoms with Crippen molar-refractivity contribution in [1.82, 2.24) is 4.90 Å². The average Bonchev–Trinajstić information content (AvgIpc) is 2.54. The smallest absolute Gasteiger partial charge is 0.162 e. The Labute approximate surface area is 127 Å². The fourth-order valence-electron chi connectivity index (χ4n) is 2.35. The first-order valence-electron chi connectivity index (χ1n) is 7.56. The molecule has 2 heteroatoms. The fourth-order valence-corrected chi connectivity index (χ4v) is 2.35. The molecule has 0 aliphatic rings. The van der Waals surface area contributed by atoms with E-state index in [1.807, 2.05) is 36.4 Å². The second kappa shape index (κ2) is 8.38. The van der Waals surface area contributed by atoms with Gasteiger partial charge in [-0.1, -0.05) is 60.7 Å². The molecule has 0 aromatic heterocycles. The topological polar surface area (TPSA) is 20.3 Å². The molecule has 0 heterocycles. The van der Waals surface area contributed by atoms with Crippen molar-refractivity contribution >= 4 is 5.78 Å². The number of benzene rings is 2. The standard InChI is InChI=1S/C19H23NO/c1-20(16-14-17-9-4-2-5-10-17)15-8-13-19(21)18-11-6-3-7-12-18/h2-7,9-12H,8,13-16H2,1H3. The van der Waals surface area contributed by atoms with Gasteiger partial charge >= 0.3 is 0 Å². The molecular formula is C19H23NO. The van der Waals surface area contributed by atoms with E-state index < -0.39 is 0 Å². The van der Waals surface area contributed by atoms with Crippen molar-refractivity contribution in [3.05, 3.63) is 71.8 Å². The first-order valence-corrected chi connectivity index (χ1v) is 7.56. The first-order chi connectivity index (χ1) is 10.3. The summed E-state index contributed by atoms with van der Waals surface area (Å²) in [5.74, 6) is 0.243. The van der Waals surface area contributed by atoms with Crippen LogP contribution in [-0.4, -0.2) is 30.8 Å². The molecule has 0 atom stereocenters. The number of carbonyl (C=O) groups excluding carboxylic acids is 1. The predicted molar refractivity (Wildman–Crippen MR) is 87.6 cm³/mol. The number of hydrogen-bond donors (Lipinski definition) is 0. The van der Waals surface area contributed by atoms with Crippen molar-refractivity contribution in [3.8, 4) is 0 Å². The molecule has 2 aromatic rings. The van der Waals surface area contributed by atoms with Gasteiger partial charge in [0.05, 0.1) is 0 Å². The molecule has 0 aliphatic heterocycles. The van der Waals surface area contributed by atoms with E-state index in [0.29, 0.717) is 6.42 Å². The Kier molecular flexibility index (Phi) is 6.17. The molecule has 0 amide bonds. The lowest BCUT2D eigenvalue weighted by Gasteiger charge is -2.16. The fraction of sp³-hybridized carbons (Fsp3) is 0.316. The highest BCUT2D eigenvalue weighted by molar-refractivity contribution is 5.95. The van der Waals surface area contributed by atoms with Crippen LogP contribution in [0.2, 0.25) is 0 Å². The highest BCUT2D eigenvalue weighted by atomic mass is 16.1. The van der Waals surface area contributed by atoms with Gasteiger partial charge in [0.2, 0.25) is 0 Å². The number of likely N-dealkylation sites (N-methyl/N-ethyl adjacent to an activating group) is 1. The van der Waals surface area contributed by atoms with Crippen molar-refractivity contribution in [1.29, 1.82) is 0 Å². The summed E-state index contributed by atoms with van der Waals surface area (Å²) in [4.78, 5) is 14.3. The van der Waals surface area contributed by atoms with E-state index in [0.717, 1.165) is 31.5 Å². The van der Waals surface area contributed by atoms with E-state index >= 15 is 0 Å². The maximum Gasteiger partial charge on any atom is 0.162 e.